The lowest BCUT2D eigenvalue weighted by Gasteiger charge is -2.22. The zero-order chi connectivity index (χ0) is 15.2. The average Bonchev–Trinajstić information content (AvgIpc) is 2.39. The Morgan fingerprint density at radius 1 is 1.40 bits per heavy atom. The van der Waals surface area contributed by atoms with Crippen LogP contribution in [-0.4, -0.2) is 38.8 Å². The molecule has 0 aliphatic heterocycles. The molecule has 0 fully saturated rings. The van der Waals surface area contributed by atoms with Crippen LogP contribution >= 0.6 is 0 Å². The number of anilines is 1. The van der Waals surface area contributed by atoms with Gasteiger partial charge < -0.3 is 20.1 Å². The monoisotopic (exact) mass is 280 g/mol. The van der Waals surface area contributed by atoms with Gasteiger partial charge in [-0.15, -0.1) is 0 Å². The molecule has 20 heavy (non-hydrogen) atoms. The number of rotatable bonds is 7. The van der Waals surface area contributed by atoms with Crippen molar-refractivity contribution in [3.8, 4) is 5.75 Å². The lowest BCUT2D eigenvalue weighted by atomic mass is 10.0. The fourth-order valence-corrected chi connectivity index (χ4v) is 1.63. The molecule has 0 spiro atoms. The maximum Gasteiger partial charge on any atom is 0.325 e. The molecule has 112 valence electrons. The third-order valence-corrected chi connectivity index (χ3v) is 2.97. The highest BCUT2D eigenvalue weighted by molar-refractivity contribution is 5.79. The van der Waals surface area contributed by atoms with Crippen molar-refractivity contribution < 1.29 is 14.3 Å². The second kappa shape index (κ2) is 7.14. The second-order valence-electron chi connectivity index (χ2n) is 5.13. The highest BCUT2D eigenvalue weighted by Gasteiger charge is 2.29. The SMILES string of the molecule is CCOC(=O)C(C)(N)CCOc1cccc(N(C)C)c1. The normalized spacial score (nSPS) is 13.4. The predicted molar refractivity (Wildman–Crippen MR) is 80.1 cm³/mol. The van der Waals surface area contributed by atoms with Crippen LogP contribution in [0.2, 0.25) is 0 Å². The van der Waals surface area contributed by atoms with Gasteiger partial charge in [0.15, 0.2) is 0 Å². The van der Waals surface area contributed by atoms with E-state index in [-0.39, 0.29) is 0 Å². The molecule has 0 aromatic heterocycles. The Balaban J connectivity index is 2.52. The van der Waals surface area contributed by atoms with Crippen molar-refractivity contribution in [3.05, 3.63) is 24.3 Å². The molecular formula is C15H24N2O3. The van der Waals surface area contributed by atoms with Crippen LogP contribution in [0.3, 0.4) is 0 Å². The van der Waals surface area contributed by atoms with Crippen molar-refractivity contribution in [3.63, 3.8) is 0 Å². The largest absolute Gasteiger partial charge is 0.493 e. The Morgan fingerprint density at radius 2 is 2.10 bits per heavy atom. The molecule has 0 saturated heterocycles. The molecule has 1 atom stereocenters. The molecule has 1 unspecified atom stereocenters. The molecule has 0 saturated carbocycles. The predicted octanol–water partition coefficient (Wildman–Crippen LogP) is 1.80. The molecule has 0 bridgehead atoms. The minimum atomic E-state index is -1.02. The van der Waals surface area contributed by atoms with E-state index in [0.717, 1.165) is 11.4 Å². The molecule has 0 amide bonds. The third kappa shape index (κ3) is 4.74. The van der Waals surface area contributed by atoms with Crippen molar-refractivity contribution >= 4 is 11.7 Å². The Kier molecular flexibility index (Phi) is 5.82. The van der Waals surface area contributed by atoms with Crippen molar-refractivity contribution in [2.75, 3.05) is 32.2 Å². The number of hydrogen-bond donors (Lipinski definition) is 1. The third-order valence-electron chi connectivity index (χ3n) is 2.97. The Hall–Kier alpha value is -1.75. The molecule has 1 aromatic rings. The van der Waals surface area contributed by atoms with E-state index in [1.165, 1.54) is 0 Å². The number of benzene rings is 1. The van der Waals surface area contributed by atoms with Crippen LogP contribution in [0.4, 0.5) is 5.69 Å². The molecule has 0 aliphatic rings. The number of ether oxygens (including phenoxy) is 2. The van der Waals surface area contributed by atoms with Crippen LogP contribution in [0.1, 0.15) is 20.3 Å². The lowest BCUT2D eigenvalue weighted by molar-refractivity contribution is -0.149. The quantitative estimate of drug-likeness (QED) is 0.772. The summed E-state index contributed by atoms with van der Waals surface area (Å²) in [5, 5.41) is 0. The molecule has 1 rings (SSSR count). The van der Waals surface area contributed by atoms with Crippen LogP contribution in [0.5, 0.6) is 5.75 Å². The fraction of sp³-hybridized carbons (Fsp3) is 0.533. The van der Waals surface area contributed by atoms with Crippen LogP contribution in [-0.2, 0) is 9.53 Å². The molecule has 1 aromatic carbocycles. The van der Waals surface area contributed by atoms with E-state index < -0.39 is 11.5 Å². The van der Waals surface area contributed by atoms with Crippen molar-refractivity contribution in [2.45, 2.75) is 25.8 Å². The van der Waals surface area contributed by atoms with Crippen molar-refractivity contribution in [1.29, 1.82) is 0 Å². The van der Waals surface area contributed by atoms with E-state index in [0.29, 0.717) is 19.6 Å². The smallest absolute Gasteiger partial charge is 0.325 e. The highest BCUT2D eigenvalue weighted by Crippen LogP contribution is 2.20. The first-order valence-corrected chi connectivity index (χ1v) is 6.73. The molecule has 2 N–H and O–H groups in total. The molecule has 0 aliphatic carbocycles. The number of carbonyl (C=O) groups excluding carboxylic acids is 1. The van der Waals surface area contributed by atoms with E-state index in [1.807, 2.05) is 43.3 Å². The Labute approximate surface area is 120 Å². The summed E-state index contributed by atoms with van der Waals surface area (Å²) in [6.07, 6.45) is 0.401. The van der Waals surface area contributed by atoms with Crippen LogP contribution in [0.15, 0.2) is 24.3 Å². The Morgan fingerprint density at radius 3 is 2.70 bits per heavy atom. The van der Waals surface area contributed by atoms with E-state index in [1.54, 1.807) is 13.8 Å². The van der Waals surface area contributed by atoms with Crippen molar-refractivity contribution in [1.82, 2.24) is 0 Å². The number of hydrogen-bond acceptors (Lipinski definition) is 5. The summed E-state index contributed by atoms with van der Waals surface area (Å²) in [5.41, 5.74) is 5.97. The highest BCUT2D eigenvalue weighted by atomic mass is 16.5. The molecule has 5 nitrogen and oxygen atoms in total. The first-order chi connectivity index (χ1) is 9.36. The number of nitrogens with two attached hydrogens (primary N) is 1. The summed E-state index contributed by atoms with van der Waals surface area (Å²) in [6.45, 7) is 4.11. The van der Waals surface area contributed by atoms with Crippen LogP contribution in [0.25, 0.3) is 0 Å². The first-order valence-electron chi connectivity index (χ1n) is 6.73. The summed E-state index contributed by atoms with van der Waals surface area (Å²) >= 11 is 0. The van der Waals surface area contributed by atoms with Gasteiger partial charge in [0.1, 0.15) is 11.3 Å². The topological polar surface area (TPSA) is 64.8 Å². The zero-order valence-electron chi connectivity index (χ0n) is 12.7. The molecule has 0 radical (unpaired) electrons. The summed E-state index contributed by atoms with van der Waals surface area (Å²) in [7, 11) is 3.94. The fourth-order valence-electron chi connectivity index (χ4n) is 1.63. The van der Waals surface area contributed by atoms with Gasteiger partial charge in [-0.25, -0.2) is 0 Å². The van der Waals surface area contributed by atoms with Gasteiger partial charge in [0.05, 0.1) is 13.2 Å². The average molecular weight is 280 g/mol. The van der Waals surface area contributed by atoms with Gasteiger partial charge in [-0.3, -0.25) is 4.79 Å². The van der Waals surface area contributed by atoms with Gasteiger partial charge in [0, 0.05) is 32.3 Å². The van der Waals surface area contributed by atoms with Gasteiger partial charge in [-0.2, -0.15) is 0 Å². The van der Waals surface area contributed by atoms with E-state index >= 15 is 0 Å². The van der Waals surface area contributed by atoms with Gasteiger partial charge in [-0.05, 0) is 26.0 Å². The number of esters is 1. The van der Waals surface area contributed by atoms with E-state index in [4.69, 9.17) is 15.2 Å². The molecule has 0 heterocycles. The lowest BCUT2D eigenvalue weighted by Crippen LogP contribution is -2.47. The van der Waals surface area contributed by atoms with Crippen LogP contribution < -0.4 is 15.4 Å². The standard InChI is InChI=1S/C15H24N2O3/c1-5-19-14(18)15(2,16)9-10-20-13-8-6-7-12(11-13)17(3)4/h6-8,11H,5,9-10,16H2,1-4H3. The minimum Gasteiger partial charge on any atom is -0.493 e. The zero-order valence-corrected chi connectivity index (χ0v) is 12.7. The van der Waals surface area contributed by atoms with E-state index in [2.05, 4.69) is 0 Å². The maximum absolute atomic E-state index is 11.6. The minimum absolute atomic E-state index is 0.331. The van der Waals surface area contributed by atoms with Gasteiger partial charge in [0.25, 0.3) is 0 Å². The summed E-state index contributed by atoms with van der Waals surface area (Å²) < 4.78 is 10.6. The Bertz CT molecular complexity index is 444. The number of nitrogens with zero attached hydrogens (tertiary/aromatic N) is 1. The molecule has 5 heteroatoms. The van der Waals surface area contributed by atoms with Gasteiger partial charge in [0.2, 0.25) is 0 Å². The van der Waals surface area contributed by atoms with Gasteiger partial charge >= 0.3 is 5.97 Å². The summed E-state index contributed by atoms with van der Waals surface area (Å²) in [5.74, 6) is 0.363. The second-order valence-corrected chi connectivity index (χ2v) is 5.13. The first kappa shape index (κ1) is 16.3. The number of carbonyl (C=O) groups is 1. The molecular weight excluding hydrogens is 256 g/mol. The summed E-state index contributed by atoms with van der Waals surface area (Å²) in [6, 6.07) is 7.75. The van der Waals surface area contributed by atoms with Crippen molar-refractivity contribution in [2.24, 2.45) is 5.73 Å². The van der Waals surface area contributed by atoms with E-state index in [9.17, 15) is 4.79 Å². The van der Waals surface area contributed by atoms with Gasteiger partial charge in [-0.1, -0.05) is 6.07 Å². The van der Waals surface area contributed by atoms with Crippen LogP contribution in [0, 0.1) is 0 Å². The summed E-state index contributed by atoms with van der Waals surface area (Å²) in [4.78, 5) is 13.6. The maximum atomic E-state index is 11.6.